The van der Waals surface area contributed by atoms with E-state index in [0.29, 0.717) is 29.4 Å². The van der Waals surface area contributed by atoms with Gasteiger partial charge in [-0.25, -0.2) is 8.42 Å². The Morgan fingerprint density at radius 2 is 1.95 bits per heavy atom. The zero-order valence-electron chi connectivity index (χ0n) is 11.2. The Hall–Kier alpha value is -0.670. The van der Waals surface area contributed by atoms with E-state index >= 15 is 0 Å². The molecule has 0 bridgehead atoms. The smallest absolute Gasteiger partial charge is 0.232 e. The van der Waals surface area contributed by atoms with E-state index in [2.05, 4.69) is 18.8 Å². The van der Waals surface area contributed by atoms with E-state index in [1.54, 1.807) is 0 Å². The van der Waals surface area contributed by atoms with Crippen molar-refractivity contribution in [1.82, 2.24) is 5.32 Å². The summed E-state index contributed by atoms with van der Waals surface area (Å²) in [4.78, 5) is 0. The molecule has 1 aromatic carbocycles. The van der Waals surface area contributed by atoms with Gasteiger partial charge in [0.05, 0.1) is 32.8 Å². The molecule has 10 heteroatoms. The van der Waals surface area contributed by atoms with Gasteiger partial charge in [0.1, 0.15) is 11.4 Å². The lowest BCUT2D eigenvalue weighted by atomic mass is 10.2. The summed E-state index contributed by atoms with van der Waals surface area (Å²) in [5.41, 5.74) is 1.04. The standard InChI is InChI=1S/C11H14Cl2N4O2S2/c1-2-14-4-3-5-21(18,19)17-10-8(13)6-7(12)9-11(10)16-20-15-9/h6,14,17H,2-5H2,1H3. The van der Waals surface area contributed by atoms with E-state index in [-0.39, 0.29) is 16.5 Å². The van der Waals surface area contributed by atoms with Crippen molar-refractivity contribution in [2.45, 2.75) is 13.3 Å². The maximum atomic E-state index is 12.1. The summed E-state index contributed by atoms with van der Waals surface area (Å²) in [5.74, 6) is -0.00197. The van der Waals surface area contributed by atoms with Crippen molar-refractivity contribution >= 4 is 61.6 Å². The van der Waals surface area contributed by atoms with Crippen LogP contribution in [0.4, 0.5) is 17.1 Å². The van der Waals surface area contributed by atoms with Crippen molar-refractivity contribution < 1.29 is 8.42 Å². The van der Waals surface area contributed by atoms with Gasteiger partial charge in [-0.1, -0.05) is 30.1 Å². The monoisotopic (exact) mass is 368 g/mol. The summed E-state index contributed by atoms with van der Waals surface area (Å²) in [7, 11) is -3.50. The Bertz CT molecular complexity index is 715. The van der Waals surface area contributed by atoms with Gasteiger partial charge in [-0.15, -0.1) is 0 Å². The highest BCUT2D eigenvalue weighted by Crippen LogP contribution is 2.47. The third-order valence-electron chi connectivity index (χ3n) is 2.72. The van der Waals surface area contributed by atoms with Crippen molar-refractivity contribution in [3.8, 4) is 0 Å². The quantitative estimate of drug-likeness (QED) is 0.733. The third kappa shape index (κ3) is 4.17. The lowest BCUT2D eigenvalue weighted by Gasteiger charge is -2.12. The summed E-state index contributed by atoms with van der Waals surface area (Å²) in [6.45, 7) is 3.41. The van der Waals surface area contributed by atoms with E-state index < -0.39 is 10.0 Å². The summed E-state index contributed by atoms with van der Waals surface area (Å²) in [6.07, 6.45) is 0.507. The van der Waals surface area contributed by atoms with E-state index in [4.69, 9.17) is 23.2 Å². The van der Waals surface area contributed by atoms with Crippen molar-refractivity contribution in [2.24, 2.45) is 8.73 Å². The zero-order valence-corrected chi connectivity index (χ0v) is 14.3. The maximum Gasteiger partial charge on any atom is 0.232 e. The molecule has 0 aromatic heterocycles. The van der Waals surface area contributed by atoms with Crippen LogP contribution in [0.3, 0.4) is 0 Å². The van der Waals surface area contributed by atoms with Crippen molar-refractivity contribution in [1.29, 1.82) is 0 Å². The van der Waals surface area contributed by atoms with Crippen molar-refractivity contribution in [3.05, 3.63) is 16.1 Å². The lowest BCUT2D eigenvalue weighted by molar-refractivity contribution is 0.595. The molecule has 1 aromatic rings. The van der Waals surface area contributed by atoms with E-state index in [0.717, 1.165) is 17.9 Å². The molecular weight excluding hydrogens is 355 g/mol. The van der Waals surface area contributed by atoms with E-state index in [1.165, 1.54) is 6.07 Å². The fourth-order valence-electron chi connectivity index (χ4n) is 1.74. The molecule has 1 aliphatic heterocycles. The van der Waals surface area contributed by atoms with Crippen LogP contribution >= 0.6 is 23.2 Å². The zero-order chi connectivity index (χ0) is 15.5. The van der Waals surface area contributed by atoms with Crippen LogP contribution < -0.4 is 10.0 Å². The number of nitrogens with zero attached hydrogens (tertiary/aromatic N) is 2. The summed E-state index contributed by atoms with van der Waals surface area (Å²) < 4.78 is 34.7. The molecule has 0 spiro atoms. The highest BCUT2D eigenvalue weighted by molar-refractivity contribution is 7.92. The molecule has 1 heterocycles. The molecule has 0 saturated heterocycles. The number of halogens is 2. The maximum absolute atomic E-state index is 12.1. The molecule has 2 rings (SSSR count). The molecule has 0 aliphatic carbocycles. The first-order valence-electron chi connectivity index (χ1n) is 6.26. The molecule has 21 heavy (non-hydrogen) atoms. The summed E-state index contributed by atoms with van der Waals surface area (Å²) in [5, 5.41) is 3.62. The van der Waals surface area contributed by atoms with Crippen LogP contribution in [0, 0.1) is 0 Å². The Morgan fingerprint density at radius 3 is 2.67 bits per heavy atom. The van der Waals surface area contributed by atoms with Gasteiger partial charge in [-0.2, -0.15) is 8.73 Å². The minimum Gasteiger partial charge on any atom is -0.317 e. The topological polar surface area (TPSA) is 82.9 Å². The number of benzene rings is 1. The van der Waals surface area contributed by atoms with Gasteiger partial charge in [0.25, 0.3) is 0 Å². The Morgan fingerprint density at radius 1 is 1.24 bits per heavy atom. The van der Waals surface area contributed by atoms with Crippen LogP contribution in [0.1, 0.15) is 13.3 Å². The van der Waals surface area contributed by atoms with Crippen LogP contribution in [0.5, 0.6) is 0 Å². The van der Waals surface area contributed by atoms with Crippen LogP contribution in [0.2, 0.25) is 10.0 Å². The van der Waals surface area contributed by atoms with Gasteiger partial charge >= 0.3 is 0 Å². The van der Waals surface area contributed by atoms with Gasteiger partial charge in [0.2, 0.25) is 10.0 Å². The number of rotatable bonds is 7. The van der Waals surface area contributed by atoms with E-state index in [9.17, 15) is 8.42 Å². The average molecular weight is 369 g/mol. The Labute approximate surface area is 137 Å². The van der Waals surface area contributed by atoms with Gasteiger partial charge in [0, 0.05) is 0 Å². The minimum absolute atomic E-state index is 0.00197. The molecular formula is C11H14Cl2N4O2S2. The molecule has 2 N–H and O–H groups in total. The van der Waals surface area contributed by atoms with Crippen LogP contribution in [0.15, 0.2) is 14.8 Å². The molecule has 1 aliphatic rings. The van der Waals surface area contributed by atoms with Gasteiger partial charge in [-0.3, -0.25) is 4.72 Å². The largest absolute Gasteiger partial charge is 0.317 e. The number of hydrogen-bond donors (Lipinski definition) is 2. The fourth-order valence-corrected chi connectivity index (χ4v) is 4.10. The molecule has 0 fully saturated rings. The summed E-state index contributed by atoms with van der Waals surface area (Å²) >= 11 is 13.0. The fraction of sp³-hybridized carbons (Fsp3) is 0.455. The molecule has 0 atom stereocenters. The Kier molecular flexibility index (Phi) is 5.61. The van der Waals surface area contributed by atoms with Gasteiger partial charge in [-0.05, 0) is 25.6 Å². The predicted molar refractivity (Wildman–Crippen MR) is 88.6 cm³/mol. The molecule has 0 radical (unpaired) electrons. The molecule has 0 saturated carbocycles. The first kappa shape index (κ1) is 16.7. The van der Waals surface area contributed by atoms with Crippen molar-refractivity contribution in [3.63, 3.8) is 0 Å². The highest BCUT2D eigenvalue weighted by atomic mass is 35.5. The van der Waals surface area contributed by atoms with Crippen LogP contribution in [0.25, 0.3) is 0 Å². The molecule has 6 nitrogen and oxygen atoms in total. The Balaban J connectivity index is 2.17. The minimum atomic E-state index is -3.50. The first-order valence-corrected chi connectivity index (χ1v) is 9.40. The van der Waals surface area contributed by atoms with Crippen LogP contribution in [-0.2, 0) is 21.4 Å². The third-order valence-corrected chi connectivity index (χ3v) is 5.17. The summed E-state index contributed by atoms with van der Waals surface area (Å²) in [6, 6.07) is 1.46. The number of anilines is 1. The van der Waals surface area contributed by atoms with Gasteiger partial charge < -0.3 is 5.32 Å². The number of hydrogen-bond acceptors (Lipinski definition) is 5. The second kappa shape index (κ2) is 7.06. The molecule has 0 unspecified atom stereocenters. The van der Waals surface area contributed by atoms with Crippen LogP contribution in [-0.4, -0.2) is 27.3 Å². The van der Waals surface area contributed by atoms with Gasteiger partial charge in [0.15, 0.2) is 0 Å². The van der Waals surface area contributed by atoms with E-state index in [1.807, 2.05) is 6.92 Å². The van der Waals surface area contributed by atoms with Crippen molar-refractivity contribution in [2.75, 3.05) is 23.6 Å². The normalized spacial score (nSPS) is 13.1. The lowest BCUT2D eigenvalue weighted by Crippen LogP contribution is -2.22. The first-order chi connectivity index (χ1) is 9.94. The second-order valence-corrected chi connectivity index (χ2v) is 7.49. The number of fused-ring (bicyclic) bond motifs is 1. The number of sulfonamides is 1. The second-order valence-electron chi connectivity index (χ2n) is 4.30. The molecule has 116 valence electrons. The number of nitrogens with one attached hydrogen (secondary N) is 2. The average Bonchev–Trinajstić information content (AvgIpc) is 2.89. The highest BCUT2D eigenvalue weighted by Gasteiger charge is 2.22. The molecule has 0 amide bonds. The predicted octanol–water partition coefficient (Wildman–Crippen LogP) is 3.46. The SMILES string of the molecule is CCNCCCS(=O)(=O)Nc1c(Cl)cc(Cl)c2c1N=S=N2.